The number of aromatic nitrogens is 3. The van der Waals surface area contributed by atoms with E-state index in [1.165, 1.54) is 12.1 Å². The molecular weight excluding hydrogens is 271 g/mol. The molecule has 0 aliphatic heterocycles. The Balaban J connectivity index is 1.58. The van der Waals surface area contributed by atoms with Crippen molar-refractivity contribution in [2.24, 2.45) is 0 Å². The van der Waals surface area contributed by atoms with Crippen LogP contribution < -0.4 is 5.32 Å². The molecule has 1 saturated carbocycles. The fraction of sp³-hybridized carbons (Fsp3) is 0.400. The first-order chi connectivity index (χ1) is 10.1. The van der Waals surface area contributed by atoms with Gasteiger partial charge in [0, 0.05) is 24.6 Å². The molecule has 0 atom stereocenters. The van der Waals surface area contributed by atoms with Gasteiger partial charge < -0.3 is 9.88 Å². The van der Waals surface area contributed by atoms with Crippen LogP contribution in [-0.4, -0.2) is 27.2 Å². The van der Waals surface area contributed by atoms with Gasteiger partial charge in [-0.25, -0.2) is 4.39 Å². The summed E-state index contributed by atoms with van der Waals surface area (Å²) in [6, 6.07) is 4.22. The van der Waals surface area contributed by atoms with Gasteiger partial charge in [-0.2, -0.15) is 0 Å². The van der Waals surface area contributed by atoms with Crippen molar-refractivity contribution in [2.75, 3.05) is 6.54 Å². The van der Waals surface area contributed by atoms with Gasteiger partial charge >= 0.3 is 0 Å². The van der Waals surface area contributed by atoms with E-state index in [4.69, 9.17) is 0 Å². The molecular formula is C15H17FN4O. The van der Waals surface area contributed by atoms with Crippen molar-refractivity contribution in [3.8, 4) is 0 Å². The number of carbonyl (C=O) groups is 1. The van der Waals surface area contributed by atoms with Gasteiger partial charge in [-0.15, -0.1) is 10.2 Å². The van der Waals surface area contributed by atoms with Gasteiger partial charge in [-0.1, -0.05) is 6.07 Å². The van der Waals surface area contributed by atoms with Crippen LogP contribution in [0.1, 0.15) is 40.5 Å². The van der Waals surface area contributed by atoms with Crippen molar-refractivity contribution in [1.82, 2.24) is 20.1 Å². The van der Waals surface area contributed by atoms with Crippen LogP contribution in [0, 0.1) is 12.7 Å². The number of aryl methyl sites for hydroxylation is 1. The Morgan fingerprint density at radius 2 is 2.29 bits per heavy atom. The maximum absolute atomic E-state index is 13.2. The van der Waals surface area contributed by atoms with Gasteiger partial charge in [-0.3, -0.25) is 4.79 Å². The van der Waals surface area contributed by atoms with E-state index in [-0.39, 0.29) is 5.91 Å². The van der Waals surface area contributed by atoms with Crippen LogP contribution in [0.25, 0.3) is 0 Å². The monoisotopic (exact) mass is 288 g/mol. The topological polar surface area (TPSA) is 59.8 Å². The van der Waals surface area contributed by atoms with E-state index in [1.54, 1.807) is 19.3 Å². The number of nitrogens with one attached hydrogen (secondary N) is 1. The van der Waals surface area contributed by atoms with Crippen molar-refractivity contribution < 1.29 is 9.18 Å². The molecule has 0 saturated heterocycles. The van der Waals surface area contributed by atoms with Gasteiger partial charge in [0.05, 0.1) is 0 Å². The molecule has 3 rings (SSSR count). The summed E-state index contributed by atoms with van der Waals surface area (Å²) in [5.74, 6) is 0.855. The van der Waals surface area contributed by atoms with Crippen LogP contribution >= 0.6 is 0 Å². The number of carbonyl (C=O) groups excluding carboxylic acids is 1. The van der Waals surface area contributed by atoms with E-state index in [1.807, 2.05) is 4.57 Å². The third kappa shape index (κ3) is 3.09. The van der Waals surface area contributed by atoms with Crippen LogP contribution in [0.2, 0.25) is 0 Å². The molecule has 0 bridgehead atoms. The lowest BCUT2D eigenvalue weighted by Gasteiger charge is -2.09. The number of amides is 1. The molecule has 6 heteroatoms. The average Bonchev–Trinajstić information content (AvgIpc) is 3.21. The summed E-state index contributed by atoms with van der Waals surface area (Å²) < 4.78 is 15.2. The lowest BCUT2D eigenvalue weighted by molar-refractivity contribution is 0.0951. The largest absolute Gasteiger partial charge is 0.350 e. The van der Waals surface area contributed by atoms with E-state index in [0.29, 0.717) is 24.6 Å². The summed E-state index contributed by atoms with van der Waals surface area (Å²) in [7, 11) is 0. The summed E-state index contributed by atoms with van der Waals surface area (Å²) in [5, 5.41) is 10.8. The van der Waals surface area contributed by atoms with E-state index < -0.39 is 5.82 Å². The van der Waals surface area contributed by atoms with E-state index >= 15 is 0 Å². The Morgan fingerprint density at radius 1 is 1.48 bits per heavy atom. The summed E-state index contributed by atoms with van der Waals surface area (Å²) in [5.41, 5.74) is 1.14. The average molecular weight is 288 g/mol. The zero-order valence-corrected chi connectivity index (χ0v) is 11.8. The summed E-state index contributed by atoms with van der Waals surface area (Å²) in [6.07, 6.45) is 4.01. The number of hydrogen-bond acceptors (Lipinski definition) is 3. The summed E-state index contributed by atoms with van der Waals surface area (Å²) >= 11 is 0. The highest BCUT2D eigenvalue weighted by atomic mass is 19.1. The number of hydrogen-bond donors (Lipinski definition) is 1. The quantitative estimate of drug-likeness (QED) is 0.916. The molecule has 1 heterocycles. The normalized spacial score (nSPS) is 14.2. The second-order valence-electron chi connectivity index (χ2n) is 5.37. The van der Waals surface area contributed by atoms with Gasteiger partial charge in [0.25, 0.3) is 5.91 Å². The molecule has 0 radical (unpaired) electrons. The Morgan fingerprint density at radius 3 is 3.05 bits per heavy atom. The van der Waals surface area contributed by atoms with Crippen molar-refractivity contribution in [3.63, 3.8) is 0 Å². The second kappa shape index (κ2) is 5.63. The standard InChI is InChI=1S/C15H17FN4O/c1-10-2-5-12(16)8-13(10)15(21)17-6-7-20-9-18-19-14(20)11-3-4-11/h2,5,8-9,11H,3-4,6-7H2,1H3,(H,17,21). The Hall–Kier alpha value is -2.24. The SMILES string of the molecule is Cc1ccc(F)cc1C(=O)NCCn1cnnc1C1CC1. The number of nitrogens with zero attached hydrogens (tertiary/aromatic N) is 3. The smallest absolute Gasteiger partial charge is 0.251 e. The van der Waals surface area contributed by atoms with Crippen LogP contribution in [0.3, 0.4) is 0 Å². The molecule has 1 amide bonds. The maximum atomic E-state index is 13.2. The third-order valence-electron chi connectivity index (χ3n) is 3.67. The van der Waals surface area contributed by atoms with Crippen LogP contribution in [0.4, 0.5) is 4.39 Å². The van der Waals surface area contributed by atoms with Crippen molar-refractivity contribution in [1.29, 1.82) is 0 Å². The predicted molar refractivity (Wildman–Crippen MR) is 75.5 cm³/mol. The molecule has 2 aromatic rings. The minimum absolute atomic E-state index is 0.256. The van der Waals surface area contributed by atoms with E-state index in [0.717, 1.165) is 24.2 Å². The third-order valence-corrected chi connectivity index (χ3v) is 3.67. The highest BCUT2D eigenvalue weighted by Gasteiger charge is 2.28. The molecule has 110 valence electrons. The first kappa shape index (κ1) is 13.7. The summed E-state index contributed by atoms with van der Waals surface area (Å²) in [6.45, 7) is 2.88. The first-order valence-electron chi connectivity index (χ1n) is 7.07. The molecule has 21 heavy (non-hydrogen) atoms. The number of halogens is 1. The molecule has 0 unspecified atom stereocenters. The molecule has 5 nitrogen and oxygen atoms in total. The number of benzene rings is 1. The van der Waals surface area contributed by atoms with Gasteiger partial charge in [0.1, 0.15) is 18.0 Å². The second-order valence-corrected chi connectivity index (χ2v) is 5.37. The Bertz CT molecular complexity index is 663. The molecule has 1 fully saturated rings. The molecule has 1 aromatic carbocycles. The van der Waals surface area contributed by atoms with Gasteiger partial charge in [0.2, 0.25) is 0 Å². The lowest BCUT2D eigenvalue weighted by Crippen LogP contribution is -2.28. The molecule has 1 aliphatic rings. The highest BCUT2D eigenvalue weighted by Crippen LogP contribution is 2.38. The highest BCUT2D eigenvalue weighted by molar-refractivity contribution is 5.95. The molecule has 1 aromatic heterocycles. The van der Waals surface area contributed by atoms with Crippen LogP contribution in [0.5, 0.6) is 0 Å². The van der Waals surface area contributed by atoms with Gasteiger partial charge in [-0.05, 0) is 37.5 Å². The fourth-order valence-corrected chi connectivity index (χ4v) is 2.32. The minimum atomic E-state index is -0.402. The van der Waals surface area contributed by atoms with Crippen LogP contribution in [-0.2, 0) is 6.54 Å². The summed E-state index contributed by atoms with van der Waals surface area (Å²) in [4.78, 5) is 12.1. The first-order valence-corrected chi connectivity index (χ1v) is 7.07. The van der Waals surface area contributed by atoms with Gasteiger partial charge in [0.15, 0.2) is 0 Å². The molecule has 1 aliphatic carbocycles. The number of rotatable bonds is 5. The Labute approximate surface area is 122 Å². The van der Waals surface area contributed by atoms with Crippen LogP contribution in [0.15, 0.2) is 24.5 Å². The van der Waals surface area contributed by atoms with Crippen molar-refractivity contribution >= 4 is 5.91 Å². The zero-order chi connectivity index (χ0) is 14.8. The lowest BCUT2D eigenvalue weighted by atomic mass is 10.1. The predicted octanol–water partition coefficient (Wildman–Crippen LogP) is 2.03. The Kier molecular flexibility index (Phi) is 3.68. The van der Waals surface area contributed by atoms with Crippen molar-refractivity contribution in [3.05, 3.63) is 47.3 Å². The van der Waals surface area contributed by atoms with Crippen molar-refractivity contribution in [2.45, 2.75) is 32.2 Å². The molecule has 0 spiro atoms. The zero-order valence-electron chi connectivity index (χ0n) is 11.8. The maximum Gasteiger partial charge on any atom is 0.251 e. The van der Waals surface area contributed by atoms with E-state index in [9.17, 15) is 9.18 Å². The molecule has 1 N–H and O–H groups in total. The fourth-order valence-electron chi connectivity index (χ4n) is 2.32. The minimum Gasteiger partial charge on any atom is -0.350 e. The van der Waals surface area contributed by atoms with E-state index in [2.05, 4.69) is 15.5 Å².